The number of thiophene rings is 1. The first-order chi connectivity index (χ1) is 15.3. The highest BCUT2D eigenvalue weighted by Gasteiger charge is 2.29. The van der Waals surface area contributed by atoms with E-state index in [1.807, 2.05) is 19.1 Å². The minimum atomic E-state index is -3.69. The fraction of sp³-hybridized carbons (Fsp3) is 0.273. The predicted molar refractivity (Wildman–Crippen MR) is 124 cm³/mol. The monoisotopic (exact) mass is 491 g/mol. The number of hydrogen-bond donors (Lipinski definition) is 0. The summed E-state index contributed by atoms with van der Waals surface area (Å²) in [5, 5.41) is 4.63. The van der Waals surface area contributed by atoms with Gasteiger partial charge in [-0.15, -0.1) is 11.3 Å². The van der Waals surface area contributed by atoms with Crippen LogP contribution in [-0.4, -0.2) is 36.0 Å². The molecule has 0 saturated heterocycles. The van der Waals surface area contributed by atoms with Crippen molar-refractivity contribution in [2.24, 2.45) is 0 Å². The Bertz CT molecular complexity index is 1300. The van der Waals surface area contributed by atoms with E-state index in [-0.39, 0.29) is 16.8 Å². The van der Waals surface area contributed by atoms with Crippen molar-refractivity contribution in [2.75, 3.05) is 7.05 Å². The molecule has 4 rings (SSSR count). The molecule has 3 aromatic heterocycles. The van der Waals surface area contributed by atoms with Gasteiger partial charge in [0.25, 0.3) is 5.89 Å². The lowest BCUT2D eigenvalue weighted by Gasteiger charge is -2.24. The molecule has 1 aromatic carbocycles. The average molecular weight is 492 g/mol. The molecule has 10 heteroatoms. The van der Waals surface area contributed by atoms with Gasteiger partial charge in [0.05, 0.1) is 16.0 Å². The maximum Gasteiger partial charge on any atom is 0.268 e. The molecule has 0 amide bonds. The molecular weight excluding hydrogens is 470 g/mol. The zero-order chi connectivity index (χ0) is 22.9. The Morgan fingerprint density at radius 1 is 1.22 bits per heavy atom. The van der Waals surface area contributed by atoms with E-state index in [0.717, 1.165) is 11.3 Å². The Labute approximate surface area is 195 Å². The number of aryl methyl sites for hydroxylation is 2. The largest absolute Gasteiger partial charge is 0.469 e. The zero-order valence-electron chi connectivity index (χ0n) is 17.8. The van der Waals surface area contributed by atoms with Crippen LogP contribution in [0.15, 0.2) is 62.6 Å². The Kier molecular flexibility index (Phi) is 6.52. The molecule has 0 unspecified atom stereocenters. The molecule has 0 fully saturated rings. The van der Waals surface area contributed by atoms with Crippen molar-refractivity contribution < 1.29 is 17.4 Å². The maximum absolute atomic E-state index is 13.3. The minimum absolute atomic E-state index is 0.201. The fourth-order valence-corrected chi connectivity index (χ4v) is 6.24. The summed E-state index contributed by atoms with van der Waals surface area (Å²) in [5.74, 6) is 1.53. The smallest absolute Gasteiger partial charge is 0.268 e. The summed E-state index contributed by atoms with van der Waals surface area (Å²) in [7, 11) is -2.09. The summed E-state index contributed by atoms with van der Waals surface area (Å²) < 4.78 is 38.7. The third kappa shape index (κ3) is 4.66. The van der Waals surface area contributed by atoms with Crippen LogP contribution < -0.4 is 0 Å². The highest BCUT2D eigenvalue weighted by atomic mass is 35.5. The summed E-state index contributed by atoms with van der Waals surface area (Å²) in [6.07, 6.45) is 2.93. The lowest BCUT2D eigenvalue weighted by Crippen LogP contribution is -2.35. The number of furan rings is 1. The van der Waals surface area contributed by atoms with Crippen molar-refractivity contribution >= 4 is 33.0 Å². The molecule has 0 N–H and O–H groups in total. The molecule has 0 saturated carbocycles. The van der Waals surface area contributed by atoms with Gasteiger partial charge in [-0.25, -0.2) is 8.42 Å². The van der Waals surface area contributed by atoms with Gasteiger partial charge in [-0.1, -0.05) is 16.8 Å². The van der Waals surface area contributed by atoms with E-state index in [1.54, 1.807) is 50.6 Å². The molecule has 1 atom stereocenters. The number of halogens is 1. The number of hydrogen-bond acceptors (Lipinski definition) is 7. The Hall–Kier alpha value is -2.46. The normalized spacial score (nSPS) is 13.0. The van der Waals surface area contributed by atoms with Crippen molar-refractivity contribution in [1.29, 1.82) is 0 Å². The third-order valence-electron chi connectivity index (χ3n) is 5.28. The molecule has 0 radical (unpaired) electrons. The Morgan fingerprint density at radius 3 is 2.66 bits per heavy atom. The number of sulfonamides is 1. The van der Waals surface area contributed by atoms with Crippen LogP contribution in [0.25, 0.3) is 22.2 Å². The average Bonchev–Trinajstić information content (AvgIpc) is 3.52. The van der Waals surface area contributed by atoms with Gasteiger partial charge in [-0.3, -0.25) is 0 Å². The molecule has 4 aromatic rings. The summed E-state index contributed by atoms with van der Waals surface area (Å²) in [6, 6.07) is 12.2. The minimum Gasteiger partial charge on any atom is -0.469 e. The number of rotatable bonds is 8. The maximum atomic E-state index is 13.3. The molecule has 0 bridgehead atoms. The van der Waals surface area contributed by atoms with Crippen LogP contribution in [0.5, 0.6) is 0 Å². The molecule has 168 valence electrons. The van der Waals surface area contributed by atoms with Crippen LogP contribution in [0.2, 0.25) is 5.02 Å². The summed E-state index contributed by atoms with van der Waals surface area (Å²) in [4.78, 5) is 5.94. The van der Waals surface area contributed by atoms with Crippen LogP contribution in [0.4, 0.5) is 0 Å². The van der Waals surface area contributed by atoms with E-state index < -0.39 is 10.0 Å². The first-order valence-corrected chi connectivity index (χ1v) is 12.6. The molecule has 0 spiro atoms. The van der Waals surface area contributed by atoms with Crippen molar-refractivity contribution in [3.8, 4) is 22.2 Å². The summed E-state index contributed by atoms with van der Waals surface area (Å²) in [6.45, 7) is 3.67. The van der Waals surface area contributed by atoms with Gasteiger partial charge >= 0.3 is 0 Å². The summed E-state index contributed by atoms with van der Waals surface area (Å²) in [5.41, 5.74) is 0.760. The van der Waals surface area contributed by atoms with Crippen molar-refractivity contribution in [2.45, 2.75) is 37.6 Å². The SMILES string of the molecule is Cc1sc(-c2nc(-c3ccc(Cl)cc3)no2)cc1S(=O)(=O)N(C)[C@H](C)CCc1ccco1. The van der Waals surface area contributed by atoms with Gasteiger partial charge < -0.3 is 8.94 Å². The van der Waals surface area contributed by atoms with E-state index in [4.69, 9.17) is 20.5 Å². The van der Waals surface area contributed by atoms with Gasteiger partial charge in [0.15, 0.2) is 0 Å². The second-order valence-electron chi connectivity index (χ2n) is 7.45. The van der Waals surface area contributed by atoms with Gasteiger partial charge in [0.1, 0.15) is 5.76 Å². The number of aromatic nitrogens is 2. The first-order valence-electron chi connectivity index (χ1n) is 9.96. The highest BCUT2D eigenvalue weighted by molar-refractivity contribution is 7.89. The topological polar surface area (TPSA) is 89.4 Å². The highest BCUT2D eigenvalue weighted by Crippen LogP contribution is 2.35. The molecule has 7 nitrogen and oxygen atoms in total. The fourth-order valence-electron chi connectivity index (χ4n) is 3.25. The molecule has 0 aliphatic rings. The van der Waals surface area contributed by atoms with Crippen LogP contribution in [0.1, 0.15) is 24.0 Å². The lowest BCUT2D eigenvalue weighted by molar-refractivity contribution is 0.361. The van der Waals surface area contributed by atoms with Crippen LogP contribution in [-0.2, 0) is 16.4 Å². The lowest BCUT2D eigenvalue weighted by atomic mass is 10.1. The van der Waals surface area contributed by atoms with Gasteiger partial charge in [-0.2, -0.15) is 9.29 Å². The summed E-state index contributed by atoms with van der Waals surface area (Å²) >= 11 is 7.24. The van der Waals surface area contributed by atoms with E-state index in [2.05, 4.69) is 10.1 Å². The second-order valence-corrected chi connectivity index (χ2v) is 11.1. The van der Waals surface area contributed by atoms with E-state index in [0.29, 0.717) is 33.4 Å². The van der Waals surface area contributed by atoms with Crippen LogP contribution in [0.3, 0.4) is 0 Å². The molecular formula is C22H22ClN3O4S2. The first kappa shape index (κ1) is 22.7. The van der Waals surface area contributed by atoms with Gasteiger partial charge in [-0.05, 0) is 62.7 Å². The quantitative estimate of drug-likeness (QED) is 0.316. The van der Waals surface area contributed by atoms with Crippen molar-refractivity contribution in [3.63, 3.8) is 0 Å². The van der Waals surface area contributed by atoms with E-state index in [1.165, 1.54) is 15.6 Å². The van der Waals surface area contributed by atoms with Crippen molar-refractivity contribution in [1.82, 2.24) is 14.4 Å². The zero-order valence-corrected chi connectivity index (χ0v) is 20.2. The van der Waals surface area contributed by atoms with Gasteiger partial charge in [0.2, 0.25) is 15.8 Å². The van der Waals surface area contributed by atoms with Crippen LogP contribution in [0, 0.1) is 6.92 Å². The van der Waals surface area contributed by atoms with E-state index in [9.17, 15) is 8.42 Å². The Balaban J connectivity index is 1.54. The molecule has 3 heterocycles. The Morgan fingerprint density at radius 2 is 1.97 bits per heavy atom. The second kappa shape index (κ2) is 9.19. The standard InChI is InChI=1S/C22H22ClN3O4S2/c1-14(6-11-18-5-4-12-29-18)26(3)32(27,28)20-13-19(31-15(20)2)22-24-21(25-30-22)16-7-9-17(23)10-8-16/h4-5,7-10,12-14H,6,11H2,1-3H3/t14-/m1/s1. The number of nitrogens with zero attached hydrogens (tertiary/aromatic N) is 3. The van der Waals surface area contributed by atoms with Crippen molar-refractivity contribution in [3.05, 3.63) is 64.4 Å². The predicted octanol–water partition coefficient (Wildman–Crippen LogP) is 5.66. The molecule has 32 heavy (non-hydrogen) atoms. The van der Waals surface area contributed by atoms with E-state index >= 15 is 0 Å². The number of benzene rings is 1. The van der Waals surface area contributed by atoms with Gasteiger partial charge in [0, 0.05) is 35.0 Å². The third-order valence-corrected chi connectivity index (χ3v) is 8.80. The molecule has 0 aliphatic heterocycles. The molecule has 0 aliphatic carbocycles. The van der Waals surface area contributed by atoms with Crippen LogP contribution >= 0.6 is 22.9 Å².